The Morgan fingerprint density at radius 2 is 1.64 bits per heavy atom. The Kier molecular flexibility index (Phi) is 6.84. The molecule has 3 aromatic carbocycles. The number of aromatic nitrogens is 2. The van der Waals surface area contributed by atoms with Gasteiger partial charge in [-0.15, -0.1) is 0 Å². The van der Waals surface area contributed by atoms with Gasteiger partial charge in [-0.05, 0) is 54.4 Å². The van der Waals surface area contributed by atoms with Crippen molar-refractivity contribution >= 4 is 23.1 Å². The molecule has 6 rings (SSSR count). The highest BCUT2D eigenvalue weighted by molar-refractivity contribution is 6.05. The highest BCUT2D eigenvalue weighted by atomic mass is 19.1. The minimum Gasteiger partial charge on any atom is -0.489 e. The van der Waals surface area contributed by atoms with Crippen molar-refractivity contribution in [1.82, 2.24) is 14.7 Å². The van der Waals surface area contributed by atoms with Crippen molar-refractivity contribution in [3.8, 4) is 5.75 Å². The number of hydrogen-bond donors (Lipinski definition) is 0. The molecule has 2 aliphatic rings. The third-order valence-corrected chi connectivity index (χ3v) is 7.49. The molecule has 0 spiro atoms. The van der Waals surface area contributed by atoms with Gasteiger partial charge in [-0.25, -0.2) is 14.1 Å². The maximum absolute atomic E-state index is 14.0. The van der Waals surface area contributed by atoms with Crippen molar-refractivity contribution in [1.29, 1.82) is 0 Å². The van der Waals surface area contributed by atoms with Crippen molar-refractivity contribution in [3.05, 3.63) is 108 Å². The van der Waals surface area contributed by atoms with Gasteiger partial charge in [0, 0.05) is 43.6 Å². The maximum Gasteiger partial charge on any atom is 0.234 e. The Hall–Kier alpha value is -4.46. The minimum atomic E-state index is -0.467. The fraction of sp³-hybridized carbons (Fsp3) is 0.258. The molecule has 0 N–H and O–H groups in total. The van der Waals surface area contributed by atoms with Crippen LogP contribution in [0.5, 0.6) is 5.75 Å². The SMILES string of the molecule is CC1=Nc2ccnn2C(c2ccc(OCc3ccccc3)cc2)C1C(=O)N1CCN(c2ccc(F)cc2)CC1. The van der Waals surface area contributed by atoms with E-state index in [1.54, 1.807) is 18.3 Å². The third-order valence-electron chi connectivity index (χ3n) is 7.49. The average Bonchev–Trinajstić information content (AvgIpc) is 3.44. The lowest BCUT2D eigenvalue weighted by Gasteiger charge is -2.40. The Morgan fingerprint density at radius 3 is 2.36 bits per heavy atom. The van der Waals surface area contributed by atoms with Crippen LogP contribution >= 0.6 is 0 Å². The van der Waals surface area contributed by atoms with Crippen LogP contribution in [0.3, 0.4) is 0 Å². The molecule has 2 atom stereocenters. The first-order valence-corrected chi connectivity index (χ1v) is 13.2. The molecule has 0 radical (unpaired) electrons. The summed E-state index contributed by atoms with van der Waals surface area (Å²) in [6.07, 6.45) is 1.73. The smallest absolute Gasteiger partial charge is 0.234 e. The maximum atomic E-state index is 14.0. The Bertz CT molecular complexity index is 1460. The Labute approximate surface area is 227 Å². The van der Waals surface area contributed by atoms with Crippen LogP contribution in [0.2, 0.25) is 0 Å². The molecule has 4 aromatic rings. The highest BCUT2D eigenvalue weighted by Crippen LogP contribution is 2.37. The summed E-state index contributed by atoms with van der Waals surface area (Å²) in [6.45, 7) is 4.97. The first kappa shape index (κ1) is 24.9. The number of rotatable bonds is 6. The molecule has 0 bridgehead atoms. The molecule has 1 saturated heterocycles. The molecule has 2 unspecified atom stereocenters. The van der Waals surface area contributed by atoms with Gasteiger partial charge in [0.2, 0.25) is 5.91 Å². The number of anilines is 1. The van der Waals surface area contributed by atoms with Crippen LogP contribution < -0.4 is 9.64 Å². The molecular formula is C31H30FN5O2. The van der Waals surface area contributed by atoms with E-state index in [0.29, 0.717) is 32.8 Å². The van der Waals surface area contributed by atoms with Crippen molar-refractivity contribution < 1.29 is 13.9 Å². The van der Waals surface area contributed by atoms with E-state index in [0.717, 1.165) is 34.1 Å². The van der Waals surface area contributed by atoms with Gasteiger partial charge < -0.3 is 14.5 Å². The lowest BCUT2D eigenvalue weighted by Crippen LogP contribution is -2.53. The van der Waals surface area contributed by atoms with Crippen molar-refractivity contribution in [2.45, 2.75) is 19.6 Å². The van der Waals surface area contributed by atoms with E-state index >= 15 is 0 Å². The molecule has 7 nitrogen and oxygen atoms in total. The van der Waals surface area contributed by atoms with Crippen LogP contribution in [-0.2, 0) is 11.4 Å². The molecule has 2 aliphatic heterocycles. The number of halogens is 1. The lowest BCUT2D eigenvalue weighted by molar-refractivity contribution is -0.134. The number of fused-ring (bicyclic) bond motifs is 1. The molecule has 0 aliphatic carbocycles. The van der Waals surface area contributed by atoms with Crippen LogP contribution in [0.25, 0.3) is 0 Å². The quantitative estimate of drug-likeness (QED) is 0.346. The van der Waals surface area contributed by atoms with Crippen molar-refractivity contribution in [2.75, 3.05) is 31.1 Å². The second-order valence-electron chi connectivity index (χ2n) is 9.94. The summed E-state index contributed by atoms with van der Waals surface area (Å²) in [7, 11) is 0. The summed E-state index contributed by atoms with van der Waals surface area (Å²) in [5.74, 6) is 0.840. The van der Waals surface area contributed by atoms with E-state index in [1.807, 2.05) is 77.2 Å². The van der Waals surface area contributed by atoms with E-state index in [9.17, 15) is 9.18 Å². The number of piperazine rings is 1. The Morgan fingerprint density at radius 1 is 0.923 bits per heavy atom. The fourth-order valence-corrected chi connectivity index (χ4v) is 5.41. The van der Waals surface area contributed by atoms with Crippen LogP contribution in [0, 0.1) is 11.7 Å². The van der Waals surface area contributed by atoms with E-state index in [1.165, 1.54) is 12.1 Å². The topological polar surface area (TPSA) is 63.0 Å². The van der Waals surface area contributed by atoms with Gasteiger partial charge in [-0.2, -0.15) is 5.10 Å². The standard InChI is InChI=1S/C31H30FN5O2/c1-22-29(31(38)36-19-17-35(18-20-36)26-11-9-25(32)10-12-26)30(37-28(34-22)15-16-33-37)24-7-13-27(14-8-24)39-21-23-5-3-2-4-6-23/h2-16,29-30H,17-21H2,1H3. The van der Waals surface area contributed by atoms with Gasteiger partial charge in [-0.3, -0.25) is 4.79 Å². The predicted molar refractivity (Wildman–Crippen MR) is 149 cm³/mol. The minimum absolute atomic E-state index is 0.0468. The monoisotopic (exact) mass is 523 g/mol. The number of aliphatic imine (C=N–C) groups is 1. The number of ether oxygens (including phenoxy) is 1. The summed E-state index contributed by atoms with van der Waals surface area (Å²) in [5, 5.41) is 4.55. The number of hydrogen-bond acceptors (Lipinski definition) is 5. The number of amides is 1. The molecule has 39 heavy (non-hydrogen) atoms. The molecule has 1 aromatic heterocycles. The van der Waals surface area contributed by atoms with Crippen LogP contribution in [-0.4, -0.2) is 52.5 Å². The second-order valence-corrected chi connectivity index (χ2v) is 9.94. The summed E-state index contributed by atoms with van der Waals surface area (Å²) in [4.78, 5) is 22.8. The normalized spacial score (nSPS) is 18.9. The van der Waals surface area contributed by atoms with Gasteiger partial charge in [0.25, 0.3) is 0 Å². The van der Waals surface area contributed by atoms with Crippen molar-refractivity contribution in [3.63, 3.8) is 0 Å². The third kappa shape index (κ3) is 5.14. The Balaban J connectivity index is 1.20. The zero-order valence-electron chi connectivity index (χ0n) is 21.8. The first-order valence-electron chi connectivity index (χ1n) is 13.2. The number of nitrogens with zero attached hydrogens (tertiary/aromatic N) is 5. The van der Waals surface area contributed by atoms with Crippen LogP contribution in [0.4, 0.5) is 15.9 Å². The predicted octanol–water partition coefficient (Wildman–Crippen LogP) is 5.26. The summed E-state index contributed by atoms with van der Waals surface area (Å²) >= 11 is 0. The molecule has 0 saturated carbocycles. The zero-order valence-corrected chi connectivity index (χ0v) is 21.8. The van der Waals surface area contributed by atoms with Crippen molar-refractivity contribution in [2.24, 2.45) is 10.9 Å². The largest absolute Gasteiger partial charge is 0.489 e. The summed E-state index contributed by atoms with van der Waals surface area (Å²) in [6, 6.07) is 26.1. The zero-order chi connectivity index (χ0) is 26.8. The molecule has 1 fully saturated rings. The van der Waals surface area contributed by atoms with Gasteiger partial charge in [0.15, 0.2) is 5.82 Å². The van der Waals surface area contributed by atoms with Crippen LogP contribution in [0.1, 0.15) is 24.1 Å². The number of carbonyl (C=O) groups excluding carboxylic acids is 1. The van der Waals surface area contributed by atoms with E-state index < -0.39 is 5.92 Å². The molecule has 198 valence electrons. The summed E-state index contributed by atoms with van der Waals surface area (Å²) in [5.41, 5.74) is 3.83. The molecule has 8 heteroatoms. The van der Waals surface area contributed by atoms with Gasteiger partial charge >= 0.3 is 0 Å². The molecular weight excluding hydrogens is 493 g/mol. The van der Waals surface area contributed by atoms with Gasteiger partial charge in [0.05, 0.1) is 12.2 Å². The first-order chi connectivity index (χ1) is 19.1. The molecule has 1 amide bonds. The fourth-order valence-electron chi connectivity index (χ4n) is 5.41. The highest BCUT2D eigenvalue weighted by Gasteiger charge is 2.40. The van der Waals surface area contributed by atoms with Crippen LogP contribution in [0.15, 0.2) is 96.1 Å². The summed E-state index contributed by atoms with van der Waals surface area (Å²) < 4.78 is 21.2. The lowest BCUT2D eigenvalue weighted by atomic mass is 9.87. The van der Waals surface area contributed by atoms with E-state index in [2.05, 4.69) is 10.00 Å². The van der Waals surface area contributed by atoms with Gasteiger partial charge in [-0.1, -0.05) is 42.5 Å². The van der Waals surface area contributed by atoms with E-state index in [-0.39, 0.29) is 17.8 Å². The number of benzene rings is 3. The van der Waals surface area contributed by atoms with Gasteiger partial charge in [0.1, 0.15) is 24.1 Å². The second kappa shape index (κ2) is 10.7. The average molecular weight is 524 g/mol. The van der Waals surface area contributed by atoms with E-state index in [4.69, 9.17) is 9.73 Å². The number of carbonyl (C=O) groups is 1. The molecule has 3 heterocycles.